The van der Waals surface area contributed by atoms with E-state index < -0.39 is 18.0 Å². The van der Waals surface area contributed by atoms with Crippen molar-refractivity contribution in [2.75, 3.05) is 7.11 Å². The monoisotopic (exact) mass is 520 g/mol. The van der Waals surface area contributed by atoms with E-state index in [9.17, 15) is 14.7 Å². The molecule has 0 saturated heterocycles. The number of thiophene rings is 1. The number of aryl methyl sites for hydroxylation is 2. The molecule has 1 atom stereocenters. The molecule has 0 radical (unpaired) electrons. The molecule has 0 aliphatic carbocycles. The summed E-state index contributed by atoms with van der Waals surface area (Å²) < 4.78 is 18.9. The fourth-order valence-corrected chi connectivity index (χ4v) is 4.62. The molecule has 2 heterocycles. The minimum atomic E-state index is -0.900. The van der Waals surface area contributed by atoms with Gasteiger partial charge in [0.25, 0.3) is 0 Å². The number of rotatable bonds is 11. The second kappa shape index (κ2) is 11.7. The maximum atomic E-state index is 12.2. The van der Waals surface area contributed by atoms with Crippen molar-refractivity contribution >= 4 is 23.3 Å². The molecule has 0 unspecified atom stereocenters. The Kier molecular flexibility index (Phi) is 8.25. The van der Waals surface area contributed by atoms with Gasteiger partial charge < -0.3 is 19.3 Å². The van der Waals surface area contributed by atoms with Crippen molar-refractivity contribution in [2.45, 2.75) is 32.5 Å². The van der Waals surface area contributed by atoms with Crippen LogP contribution in [0.25, 0.3) is 11.3 Å². The molecule has 4 rings (SSSR count). The Balaban J connectivity index is 1.74. The van der Waals surface area contributed by atoms with Crippen LogP contribution in [0.2, 0.25) is 0 Å². The molecule has 0 amide bonds. The zero-order chi connectivity index (χ0) is 26.4. The van der Waals surface area contributed by atoms with Crippen LogP contribution < -0.4 is 9.47 Å². The molecule has 0 spiro atoms. The Morgan fingerprint density at radius 3 is 2.65 bits per heavy atom. The molecule has 1 N–H and O–H groups in total. The van der Waals surface area contributed by atoms with Gasteiger partial charge in [-0.25, -0.2) is 4.79 Å². The highest BCUT2D eigenvalue weighted by molar-refractivity contribution is 7.07. The van der Waals surface area contributed by atoms with Crippen LogP contribution in [0.3, 0.4) is 0 Å². The summed E-state index contributed by atoms with van der Waals surface area (Å²) in [5, 5.41) is 17.9. The number of hydrogen-bond acceptors (Lipinski definition) is 7. The van der Waals surface area contributed by atoms with E-state index in [1.54, 1.807) is 30.5 Å². The lowest BCUT2D eigenvalue weighted by Gasteiger charge is -2.23. The van der Waals surface area contributed by atoms with Gasteiger partial charge in [0.05, 0.1) is 12.8 Å². The molecule has 0 aliphatic rings. The molecule has 9 heteroatoms. The van der Waals surface area contributed by atoms with E-state index in [1.165, 1.54) is 11.8 Å². The van der Waals surface area contributed by atoms with Gasteiger partial charge in [0.1, 0.15) is 29.9 Å². The number of carboxylic acids is 1. The quantitative estimate of drug-likeness (QED) is 0.249. The van der Waals surface area contributed by atoms with Gasteiger partial charge in [-0.1, -0.05) is 24.3 Å². The lowest BCUT2D eigenvalue weighted by molar-refractivity contribution is -0.137. The van der Waals surface area contributed by atoms with Crippen LogP contribution in [0.4, 0.5) is 0 Å². The van der Waals surface area contributed by atoms with Crippen LogP contribution in [-0.2, 0) is 23.2 Å². The lowest BCUT2D eigenvalue weighted by atomic mass is 9.99. The number of benzene rings is 2. The van der Waals surface area contributed by atoms with Crippen molar-refractivity contribution in [1.29, 1.82) is 0 Å². The van der Waals surface area contributed by atoms with Crippen molar-refractivity contribution in [3.05, 3.63) is 87.7 Å². The summed E-state index contributed by atoms with van der Waals surface area (Å²) in [6.07, 6.45) is -0.305. The highest BCUT2D eigenvalue weighted by Crippen LogP contribution is 2.38. The van der Waals surface area contributed by atoms with E-state index in [0.717, 1.165) is 16.7 Å². The average Bonchev–Trinajstić information content (AvgIpc) is 3.55. The third-order valence-corrected chi connectivity index (χ3v) is 6.65. The van der Waals surface area contributed by atoms with Gasteiger partial charge in [-0.3, -0.25) is 9.48 Å². The highest BCUT2D eigenvalue weighted by atomic mass is 32.1. The zero-order valence-corrected chi connectivity index (χ0v) is 21.7. The SMILES string of the molecule is COC(=O)c1cc(-c2ccc(OCc3ccsc3)cc2O[C@@H](CCC(=O)O)c2ccccc2C)nn1C. The van der Waals surface area contributed by atoms with Crippen LogP contribution >= 0.6 is 11.3 Å². The van der Waals surface area contributed by atoms with Crippen LogP contribution in [0, 0.1) is 6.92 Å². The van der Waals surface area contributed by atoms with E-state index in [4.69, 9.17) is 14.2 Å². The van der Waals surface area contributed by atoms with Gasteiger partial charge in [0, 0.05) is 25.1 Å². The molecule has 0 bridgehead atoms. The number of esters is 1. The van der Waals surface area contributed by atoms with E-state index in [-0.39, 0.29) is 12.8 Å². The minimum absolute atomic E-state index is 0.0568. The van der Waals surface area contributed by atoms with Crippen LogP contribution in [-0.4, -0.2) is 33.9 Å². The molecule has 2 aromatic heterocycles. The summed E-state index contributed by atoms with van der Waals surface area (Å²) in [4.78, 5) is 23.6. The molecule has 4 aromatic rings. The van der Waals surface area contributed by atoms with Gasteiger partial charge in [-0.15, -0.1) is 0 Å². The summed E-state index contributed by atoms with van der Waals surface area (Å²) in [5.74, 6) is -0.340. The largest absolute Gasteiger partial charge is 0.489 e. The molecule has 0 fully saturated rings. The molecule has 0 saturated carbocycles. The van der Waals surface area contributed by atoms with E-state index >= 15 is 0 Å². The Morgan fingerprint density at radius 1 is 1.14 bits per heavy atom. The first kappa shape index (κ1) is 26.0. The third kappa shape index (κ3) is 6.37. The van der Waals surface area contributed by atoms with Crippen molar-refractivity contribution < 1.29 is 28.9 Å². The Hall–Kier alpha value is -4.11. The molecule has 2 aromatic carbocycles. The summed E-state index contributed by atoms with van der Waals surface area (Å²) in [6, 6.07) is 16.8. The first-order valence-electron chi connectivity index (χ1n) is 11.7. The van der Waals surface area contributed by atoms with Crippen molar-refractivity contribution in [3.8, 4) is 22.8 Å². The van der Waals surface area contributed by atoms with Crippen molar-refractivity contribution in [3.63, 3.8) is 0 Å². The van der Waals surface area contributed by atoms with Crippen molar-refractivity contribution in [2.24, 2.45) is 7.05 Å². The number of carbonyl (C=O) groups excluding carboxylic acids is 1. The number of methoxy groups -OCH3 is 1. The van der Waals surface area contributed by atoms with Gasteiger partial charge in [-0.05, 0) is 65.1 Å². The molecular formula is C28H28N2O6S. The zero-order valence-electron chi connectivity index (χ0n) is 20.8. The molecule has 37 heavy (non-hydrogen) atoms. The number of carboxylic acid groups (broad SMARTS) is 1. The standard InChI is InChI=1S/C28H28N2O6S/c1-18-6-4-5-7-21(18)25(10-11-27(31)32)36-26-14-20(35-16-19-12-13-37-17-19)8-9-22(26)23-15-24(28(33)34-3)30(2)29-23/h4-9,12-15,17,25H,10-11,16H2,1-3H3,(H,31,32)/t25-/m0/s1. The van der Waals surface area contributed by atoms with Gasteiger partial charge in [-0.2, -0.15) is 16.4 Å². The Bertz CT molecular complexity index is 1380. The maximum absolute atomic E-state index is 12.2. The number of hydrogen-bond donors (Lipinski definition) is 1. The summed E-state index contributed by atoms with van der Waals surface area (Å²) in [5.41, 5.74) is 4.41. The first-order chi connectivity index (χ1) is 17.9. The second-order valence-corrected chi connectivity index (χ2v) is 9.28. The third-order valence-electron chi connectivity index (χ3n) is 5.91. The highest BCUT2D eigenvalue weighted by Gasteiger charge is 2.22. The number of carbonyl (C=O) groups is 2. The number of aliphatic carboxylic acids is 1. The predicted molar refractivity (Wildman–Crippen MR) is 140 cm³/mol. The number of aromatic nitrogens is 2. The number of ether oxygens (including phenoxy) is 3. The van der Waals surface area contributed by atoms with Crippen LogP contribution in [0.15, 0.2) is 65.4 Å². The maximum Gasteiger partial charge on any atom is 0.356 e. The second-order valence-electron chi connectivity index (χ2n) is 8.50. The van der Waals surface area contributed by atoms with E-state index in [2.05, 4.69) is 5.10 Å². The Labute approximate surface area is 219 Å². The fourth-order valence-electron chi connectivity index (χ4n) is 3.97. The molecule has 8 nitrogen and oxygen atoms in total. The molecule has 0 aliphatic heterocycles. The van der Waals surface area contributed by atoms with Crippen molar-refractivity contribution in [1.82, 2.24) is 9.78 Å². The summed E-state index contributed by atoms with van der Waals surface area (Å²) >= 11 is 1.60. The molecule has 192 valence electrons. The van der Waals surface area contributed by atoms with Crippen LogP contribution in [0.5, 0.6) is 11.5 Å². The Morgan fingerprint density at radius 2 is 1.95 bits per heavy atom. The normalized spacial score (nSPS) is 11.6. The summed E-state index contributed by atoms with van der Waals surface area (Å²) in [7, 11) is 2.98. The number of nitrogens with zero attached hydrogens (tertiary/aromatic N) is 2. The average molecular weight is 521 g/mol. The first-order valence-corrected chi connectivity index (χ1v) is 12.6. The topological polar surface area (TPSA) is 99.9 Å². The minimum Gasteiger partial charge on any atom is -0.489 e. The van der Waals surface area contributed by atoms with E-state index in [1.807, 2.05) is 60.1 Å². The van der Waals surface area contributed by atoms with Crippen LogP contribution in [0.1, 0.15) is 46.1 Å². The van der Waals surface area contributed by atoms with E-state index in [0.29, 0.717) is 35.1 Å². The van der Waals surface area contributed by atoms with Gasteiger partial charge in [0.2, 0.25) is 0 Å². The smallest absolute Gasteiger partial charge is 0.356 e. The molecular weight excluding hydrogens is 492 g/mol. The summed E-state index contributed by atoms with van der Waals surface area (Å²) in [6.45, 7) is 2.37. The van der Waals surface area contributed by atoms with Gasteiger partial charge in [0.15, 0.2) is 0 Å². The lowest BCUT2D eigenvalue weighted by Crippen LogP contribution is -2.12. The predicted octanol–water partition coefficient (Wildman–Crippen LogP) is 5.81. The van der Waals surface area contributed by atoms with Gasteiger partial charge >= 0.3 is 11.9 Å². The fraction of sp³-hybridized carbons (Fsp3) is 0.250.